The summed E-state index contributed by atoms with van der Waals surface area (Å²) in [6, 6.07) is 0. The predicted octanol–water partition coefficient (Wildman–Crippen LogP) is 1.27. The molecular formula is C11H18N4O. The summed E-state index contributed by atoms with van der Waals surface area (Å²) in [6.07, 6.45) is 4.43. The van der Waals surface area contributed by atoms with Crippen LogP contribution in [-0.2, 0) is 17.9 Å². The van der Waals surface area contributed by atoms with Gasteiger partial charge in [0.15, 0.2) is 5.82 Å². The second kappa shape index (κ2) is 6.05. The van der Waals surface area contributed by atoms with Crippen molar-refractivity contribution in [2.75, 3.05) is 0 Å². The van der Waals surface area contributed by atoms with Crippen LogP contribution in [0, 0.1) is 0 Å². The summed E-state index contributed by atoms with van der Waals surface area (Å²) in [5, 5.41) is 10.6. The highest BCUT2D eigenvalue weighted by Gasteiger charge is 2.06. The second-order valence-electron chi connectivity index (χ2n) is 3.51. The Morgan fingerprint density at radius 1 is 1.56 bits per heavy atom. The van der Waals surface area contributed by atoms with Crippen LogP contribution in [0.25, 0.3) is 0 Å². The van der Waals surface area contributed by atoms with E-state index in [-0.39, 0.29) is 5.91 Å². The Hall–Kier alpha value is -1.65. The minimum Gasteiger partial charge on any atom is -0.345 e. The van der Waals surface area contributed by atoms with Crippen LogP contribution in [0.15, 0.2) is 18.0 Å². The number of carbonyl (C=O) groups is 1. The van der Waals surface area contributed by atoms with Crippen molar-refractivity contribution >= 4 is 5.91 Å². The van der Waals surface area contributed by atoms with Crippen LogP contribution in [-0.4, -0.2) is 20.7 Å². The molecule has 88 valence electrons. The zero-order valence-corrected chi connectivity index (χ0v) is 10.0. The topological polar surface area (TPSA) is 59.8 Å². The van der Waals surface area contributed by atoms with Gasteiger partial charge in [0.25, 0.3) is 0 Å². The van der Waals surface area contributed by atoms with Gasteiger partial charge >= 0.3 is 0 Å². The van der Waals surface area contributed by atoms with Crippen molar-refractivity contribution in [2.45, 2.75) is 40.3 Å². The average molecular weight is 222 g/mol. The highest BCUT2D eigenvalue weighted by Crippen LogP contribution is 1.98. The van der Waals surface area contributed by atoms with Crippen molar-refractivity contribution in [1.29, 1.82) is 0 Å². The van der Waals surface area contributed by atoms with E-state index < -0.39 is 0 Å². The lowest BCUT2D eigenvalue weighted by Crippen LogP contribution is -2.25. The molecule has 0 aliphatic heterocycles. The molecule has 0 aliphatic rings. The summed E-state index contributed by atoms with van der Waals surface area (Å²) in [5.41, 5.74) is 0.741. The van der Waals surface area contributed by atoms with Crippen LogP contribution in [0.1, 0.15) is 33.0 Å². The number of nitrogens with one attached hydrogen (secondary N) is 1. The predicted molar refractivity (Wildman–Crippen MR) is 61.6 cm³/mol. The molecule has 0 unspecified atom stereocenters. The van der Waals surface area contributed by atoms with Crippen LogP contribution in [0.2, 0.25) is 0 Å². The summed E-state index contributed by atoms with van der Waals surface area (Å²) < 4.78 is 1.90. The molecule has 1 rings (SSSR count). The minimum atomic E-state index is -0.0486. The maximum atomic E-state index is 11.6. The van der Waals surface area contributed by atoms with E-state index in [9.17, 15) is 4.79 Å². The highest BCUT2D eigenvalue weighted by atomic mass is 16.1. The Bertz CT molecular complexity index is 381. The molecule has 0 saturated heterocycles. The quantitative estimate of drug-likeness (QED) is 0.763. The Morgan fingerprint density at radius 2 is 2.31 bits per heavy atom. The fourth-order valence-corrected chi connectivity index (χ4v) is 1.38. The molecule has 0 aliphatic carbocycles. The lowest BCUT2D eigenvalue weighted by molar-refractivity contribution is -0.117. The maximum absolute atomic E-state index is 11.6. The third kappa shape index (κ3) is 3.18. The van der Waals surface area contributed by atoms with Gasteiger partial charge in [-0.1, -0.05) is 13.0 Å². The van der Waals surface area contributed by atoms with Crippen molar-refractivity contribution in [3.63, 3.8) is 0 Å². The summed E-state index contributed by atoms with van der Waals surface area (Å²) in [7, 11) is 0. The van der Waals surface area contributed by atoms with E-state index in [2.05, 4.69) is 15.5 Å². The van der Waals surface area contributed by atoms with Crippen LogP contribution >= 0.6 is 0 Å². The smallest absolute Gasteiger partial charge is 0.246 e. The number of aromatic nitrogens is 3. The first-order valence-corrected chi connectivity index (χ1v) is 5.50. The zero-order valence-electron chi connectivity index (χ0n) is 10.0. The summed E-state index contributed by atoms with van der Waals surface area (Å²) in [5.74, 6) is 0.729. The Kier molecular flexibility index (Phi) is 4.69. The van der Waals surface area contributed by atoms with Gasteiger partial charge in [0.1, 0.15) is 6.33 Å². The minimum absolute atomic E-state index is 0.0486. The molecule has 0 aromatic carbocycles. The summed E-state index contributed by atoms with van der Waals surface area (Å²) >= 11 is 0. The standard InChI is InChI=1S/C11H18N4O/c1-4-6-9(3)11(16)12-7-10-14-13-8-15(10)5-2/h6,8H,4-5,7H2,1-3H3,(H,12,16)/b9-6+. The van der Waals surface area contributed by atoms with Gasteiger partial charge in [0.2, 0.25) is 5.91 Å². The Balaban J connectivity index is 2.52. The normalized spacial score (nSPS) is 11.6. The molecule has 1 aromatic rings. The molecule has 1 N–H and O–H groups in total. The van der Waals surface area contributed by atoms with Crippen molar-refractivity contribution in [1.82, 2.24) is 20.1 Å². The van der Waals surface area contributed by atoms with Gasteiger partial charge in [-0.15, -0.1) is 10.2 Å². The van der Waals surface area contributed by atoms with E-state index in [1.165, 1.54) is 0 Å². The number of rotatable bonds is 5. The highest BCUT2D eigenvalue weighted by molar-refractivity contribution is 5.92. The molecule has 0 saturated carbocycles. The van der Waals surface area contributed by atoms with Gasteiger partial charge in [0, 0.05) is 12.1 Å². The third-order valence-corrected chi connectivity index (χ3v) is 2.31. The van der Waals surface area contributed by atoms with Crippen molar-refractivity contribution in [3.05, 3.63) is 23.8 Å². The monoisotopic (exact) mass is 222 g/mol. The molecule has 1 heterocycles. The van der Waals surface area contributed by atoms with Crippen molar-refractivity contribution in [2.24, 2.45) is 0 Å². The number of amides is 1. The largest absolute Gasteiger partial charge is 0.345 e. The number of hydrogen-bond acceptors (Lipinski definition) is 3. The average Bonchev–Trinajstić information content (AvgIpc) is 2.73. The molecule has 1 amide bonds. The number of aryl methyl sites for hydroxylation is 1. The lowest BCUT2D eigenvalue weighted by Gasteiger charge is -2.05. The molecule has 0 fully saturated rings. The number of carbonyl (C=O) groups excluding carboxylic acids is 1. The molecule has 0 bridgehead atoms. The van der Waals surface area contributed by atoms with Crippen LogP contribution < -0.4 is 5.32 Å². The number of allylic oxidation sites excluding steroid dienone is 1. The molecule has 0 atom stereocenters. The van der Waals surface area contributed by atoms with E-state index >= 15 is 0 Å². The van der Waals surface area contributed by atoms with E-state index in [4.69, 9.17) is 0 Å². The Morgan fingerprint density at radius 3 is 2.94 bits per heavy atom. The van der Waals surface area contributed by atoms with E-state index in [1.54, 1.807) is 6.33 Å². The first-order valence-electron chi connectivity index (χ1n) is 5.50. The lowest BCUT2D eigenvalue weighted by atomic mass is 10.2. The second-order valence-corrected chi connectivity index (χ2v) is 3.51. The SMILES string of the molecule is CC/C=C(\C)C(=O)NCc1nncn1CC. The van der Waals surface area contributed by atoms with Gasteiger partial charge < -0.3 is 9.88 Å². The van der Waals surface area contributed by atoms with E-state index in [1.807, 2.05) is 31.4 Å². The van der Waals surface area contributed by atoms with Gasteiger partial charge in [-0.3, -0.25) is 4.79 Å². The van der Waals surface area contributed by atoms with Crippen LogP contribution in [0.5, 0.6) is 0 Å². The van der Waals surface area contributed by atoms with Gasteiger partial charge in [-0.2, -0.15) is 0 Å². The van der Waals surface area contributed by atoms with Crippen molar-refractivity contribution in [3.8, 4) is 0 Å². The van der Waals surface area contributed by atoms with E-state index in [0.717, 1.165) is 24.4 Å². The molecule has 16 heavy (non-hydrogen) atoms. The fraction of sp³-hybridized carbons (Fsp3) is 0.545. The van der Waals surface area contributed by atoms with Gasteiger partial charge in [0.05, 0.1) is 6.54 Å². The Labute approximate surface area is 95.6 Å². The van der Waals surface area contributed by atoms with Crippen LogP contribution in [0.3, 0.4) is 0 Å². The summed E-state index contributed by atoms with van der Waals surface area (Å²) in [6.45, 7) is 7.05. The molecule has 5 heteroatoms. The zero-order chi connectivity index (χ0) is 12.0. The molecule has 5 nitrogen and oxygen atoms in total. The summed E-state index contributed by atoms with van der Waals surface area (Å²) in [4.78, 5) is 11.6. The maximum Gasteiger partial charge on any atom is 0.246 e. The molecule has 0 radical (unpaired) electrons. The van der Waals surface area contributed by atoms with Gasteiger partial charge in [-0.05, 0) is 20.3 Å². The van der Waals surface area contributed by atoms with E-state index in [0.29, 0.717) is 6.54 Å². The number of nitrogens with zero attached hydrogens (tertiary/aromatic N) is 3. The molecule has 1 aromatic heterocycles. The van der Waals surface area contributed by atoms with Crippen molar-refractivity contribution < 1.29 is 4.79 Å². The van der Waals surface area contributed by atoms with Crippen LogP contribution in [0.4, 0.5) is 0 Å². The van der Waals surface area contributed by atoms with Gasteiger partial charge in [-0.25, -0.2) is 0 Å². The fourth-order valence-electron chi connectivity index (χ4n) is 1.38. The first kappa shape index (κ1) is 12.4. The molecular weight excluding hydrogens is 204 g/mol. The number of hydrogen-bond donors (Lipinski definition) is 1. The third-order valence-electron chi connectivity index (χ3n) is 2.31. The molecule has 0 spiro atoms. The first-order chi connectivity index (χ1) is 7.69.